The standard InChI is InChI=1S/C16H17ClFN/c1-3-12-4-6-13(7-5-12)11(2)19-16-9-8-14(17)10-15(16)18/h4-11,19H,3H2,1-2H3. The molecule has 0 spiro atoms. The van der Waals surface area contributed by atoms with Crippen LogP contribution in [0.4, 0.5) is 10.1 Å². The fraction of sp³-hybridized carbons (Fsp3) is 0.250. The summed E-state index contributed by atoms with van der Waals surface area (Å²) in [6, 6.07) is 13.1. The zero-order valence-corrected chi connectivity index (χ0v) is 11.8. The molecule has 1 nitrogen and oxygen atoms in total. The van der Waals surface area contributed by atoms with E-state index in [1.165, 1.54) is 11.6 Å². The minimum atomic E-state index is -0.329. The maximum absolute atomic E-state index is 13.7. The van der Waals surface area contributed by atoms with Crippen LogP contribution in [0.15, 0.2) is 42.5 Å². The summed E-state index contributed by atoms with van der Waals surface area (Å²) in [5, 5.41) is 3.56. The Morgan fingerprint density at radius 2 is 1.84 bits per heavy atom. The van der Waals surface area contributed by atoms with E-state index in [1.54, 1.807) is 12.1 Å². The highest BCUT2D eigenvalue weighted by Gasteiger charge is 2.08. The van der Waals surface area contributed by atoms with Crippen molar-refractivity contribution in [3.8, 4) is 0 Å². The molecule has 19 heavy (non-hydrogen) atoms. The minimum Gasteiger partial charge on any atom is -0.376 e. The largest absolute Gasteiger partial charge is 0.376 e. The van der Waals surface area contributed by atoms with Gasteiger partial charge in [-0.3, -0.25) is 0 Å². The highest BCUT2D eigenvalue weighted by atomic mass is 35.5. The molecule has 2 aromatic rings. The predicted molar refractivity (Wildman–Crippen MR) is 79.3 cm³/mol. The van der Waals surface area contributed by atoms with Gasteiger partial charge in [0.2, 0.25) is 0 Å². The number of anilines is 1. The van der Waals surface area contributed by atoms with Gasteiger partial charge >= 0.3 is 0 Å². The molecule has 0 saturated carbocycles. The fourth-order valence-corrected chi connectivity index (χ4v) is 2.12. The van der Waals surface area contributed by atoms with Gasteiger partial charge in [-0.05, 0) is 42.7 Å². The Labute approximate surface area is 118 Å². The van der Waals surface area contributed by atoms with Crippen molar-refractivity contribution in [3.63, 3.8) is 0 Å². The van der Waals surface area contributed by atoms with Crippen molar-refractivity contribution < 1.29 is 4.39 Å². The molecule has 0 saturated heterocycles. The third-order valence-electron chi connectivity index (χ3n) is 3.19. The van der Waals surface area contributed by atoms with E-state index in [4.69, 9.17) is 11.6 Å². The lowest BCUT2D eigenvalue weighted by molar-refractivity contribution is 0.627. The third kappa shape index (κ3) is 3.48. The summed E-state index contributed by atoms with van der Waals surface area (Å²) in [4.78, 5) is 0. The van der Waals surface area contributed by atoms with Crippen LogP contribution in [0.1, 0.15) is 31.0 Å². The van der Waals surface area contributed by atoms with Crippen LogP contribution in [0.2, 0.25) is 5.02 Å². The van der Waals surface area contributed by atoms with E-state index in [9.17, 15) is 4.39 Å². The molecule has 0 heterocycles. The molecule has 0 radical (unpaired) electrons. The zero-order valence-electron chi connectivity index (χ0n) is 11.1. The molecule has 0 aliphatic heterocycles. The molecular formula is C16H17ClFN. The van der Waals surface area contributed by atoms with Gasteiger partial charge in [0.15, 0.2) is 0 Å². The molecule has 0 bridgehead atoms. The van der Waals surface area contributed by atoms with Crippen molar-refractivity contribution in [2.24, 2.45) is 0 Å². The first kappa shape index (κ1) is 13.9. The molecule has 0 aliphatic carbocycles. The van der Waals surface area contributed by atoms with Gasteiger partial charge in [-0.25, -0.2) is 4.39 Å². The van der Waals surface area contributed by atoms with Crippen LogP contribution in [-0.2, 0) is 6.42 Å². The number of aryl methyl sites for hydroxylation is 1. The Morgan fingerprint density at radius 3 is 2.42 bits per heavy atom. The lowest BCUT2D eigenvalue weighted by Crippen LogP contribution is -2.08. The van der Waals surface area contributed by atoms with Crippen LogP contribution in [-0.4, -0.2) is 0 Å². The van der Waals surface area contributed by atoms with Gasteiger partial charge in [0, 0.05) is 11.1 Å². The van der Waals surface area contributed by atoms with Gasteiger partial charge in [-0.1, -0.05) is 42.8 Å². The van der Waals surface area contributed by atoms with Gasteiger partial charge in [0.1, 0.15) is 5.82 Å². The SMILES string of the molecule is CCc1ccc(C(C)Nc2ccc(Cl)cc2F)cc1. The zero-order chi connectivity index (χ0) is 13.8. The molecule has 3 heteroatoms. The Hall–Kier alpha value is -1.54. The monoisotopic (exact) mass is 277 g/mol. The van der Waals surface area contributed by atoms with Crippen molar-refractivity contribution in [2.75, 3.05) is 5.32 Å². The third-order valence-corrected chi connectivity index (χ3v) is 3.43. The second-order valence-corrected chi connectivity index (χ2v) is 5.02. The Morgan fingerprint density at radius 1 is 1.16 bits per heavy atom. The molecule has 0 fully saturated rings. The predicted octanol–water partition coefficient (Wildman–Crippen LogP) is 5.21. The number of benzene rings is 2. The maximum atomic E-state index is 13.7. The summed E-state index contributed by atoms with van der Waals surface area (Å²) in [5.74, 6) is -0.329. The molecule has 2 rings (SSSR count). The highest BCUT2D eigenvalue weighted by molar-refractivity contribution is 6.30. The molecule has 1 N–H and O–H groups in total. The molecule has 0 aromatic heterocycles. The van der Waals surface area contributed by atoms with Crippen molar-refractivity contribution in [1.82, 2.24) is 0 Å². The van der Waals surface area contributed by atoms with Crippen LogP contribution in [0.5, 0.6) is 0 Å². The summed E-state index contributed by atoms with van der Waals surface area (Å²) in [5.41, 5.74) is 2.90. The van der Waals surface area contributed by atoms with Crippen molar-refractivity contribution in [3.05, 3.63) is 64.4 Å². The van der Waals surface area contributed by atoms with Crippen molar-refractivity contribution in [2.45, 2.75) is 26.3 Å². The van der Waals surface area contributed by atoms with Gasteiger partial charge < -0.3 is 5.32 Å². The minimum absolute atomic E-state index is 0.0431. The molecular weight excluding hydrogens is 261 g/mol. The topological polar surface area (TPSA) is 12.0 Å². The molecule has 1 atom stereocenters. The summed E-state index contributed by atoms with van der Waals surface area (Å²) >= 11 is 5.74. The normalized spacial score (nSPS) is 12.2. The number of rotatable bonds is 4. The van der Waals surface area contributed by atoms with Crippen LogP contribution < -0.4 is 5.32 Å². The Bertz CT molecular complexity index is 551. The first-order valence-corrected chi connectivity index (χ1v) is 6.78. The molecule has 0 amide bonds. The van der Waals surface area contributed by atoms with Gasteiger partial charge in [-0.2, -0.15) is 0 Å². The van der Waals surface area contributed by atoms with Crippen LogP contribution in [0, 0.1) is 5.82 Å². The van der Waals surface area contributed by atoms with E-state index in [2.05, 4.69) is 36.5 Å². The summed E-state index contributed by atoms with van der Waals surface area (Å²) in [7, 11) is 0. The fourth-order valence-electron chi connectivity index (χ4n) is 1.97. The van der Waals surface area contributed by atoms with Crippen molar-refractivity contribution in [1.29, 1.82) is 0 Å². The summed E-state index contributed by atoms with van der Waals surface area (Å²) < 4.78 is 13.7. The first-order valence-electron chi connectivity index (χ1n) is 6.40. The summed E-state index contributed by atoms with van der Waals surface area (Å²) in [6.45, 7) is 4.13. The Kier molecular flexibility index (Phi) is 4.43. The molecule has 100 valence electrons. The Balaban J connectivity index is 2.13. The van der Waals surface area contributed by atoms with Crippen LogP contribution >= 0.6 is 11.6 Å². The quantitative estimate of drug-likeness (QED) is 0.808. The average Bonchev–Trinajstić information content (AvgIpc) is 2.42. The highest BCUT2D eigenvalue weighted by Crippen LogP contribution is 2.24. The maximum Gasteiger partial charge on any atom is 0.147 e. The molecule has 1 unspecified atom stereocenters. The van der Waals surface area contributed by atoms with Crippen LogP contribution in [0.25, 0.3) is 0 Å². The van der Waals surface area contributed by atoms with E-state index >= 15 is 0 Å². The number of nitrogens with one attached hydrogen (secondary N) is 1. The second-order valence-electron chi connectivity index (χ2n) is 4.59. The van der Waals surface area contributed by atoms with E-state index in [0.717, 1.165) is 12.0 Å². The smallest absolute Gasteiger partial charge is 0.147 e. The van der Waals surface area contributed by atoms with E-state index in [1.807, 2.05) is 6.92 Å². The molecule has 0 aliphatic rings. The van der Waals surface area contributed by atoms with E-state index in [0.29, 0.717) is 10.7 Å². The number of hydrogen-bond donors (Lipinski definition) is 1. The number of halogens is 2. The average molecular weight is 278 g/mol. The van der Waals surface area contributed by atoms with E-state index in [-0.39, 0.29) is 11.9 Å². The first-order chi connectivity index (χ1) is 9.10. The second kappa shape index (κ2) is 6.07. The van der Waals surface area contributed by atoms with Gasteiger partial charge in [0.05, 0.1) is 5.69 Å². The lowest BCUT2D eigenvalue weighted by Gasteiger charge is -2.16. The van der Waals surface area contributed by atoms with Gasteiger partial charge in [0.25, 0.3) is 0 Å². The van der Waals surface area contributed by atoms with Crippen LogP contribution in [0.3, 0.4) is 0 Å². The lowest BCUT2D eigenvalue weighted by atomic mass is 10.0. The summed E-state index contributed by atoms with van der Waals surface area (Å²) in [6.07, 6.45) is 1.02. The molecule has 2 aromatic carbocycles. The van der Waals surface area contributed by atoms with Gasteiger partial charge in [-0.15, -0.1) is 0 Å². The number of hydrogen-bond acceptors (Lipinski definition) is 1. The van der Waals surface area contributed by atoms with E-state index < -0.39 is 0 Å². The van der Waals surface area contributed by atoms with Crippen molar-refractivity contribution >= 4 is 17.3 Å².